The van der Waals surface area contributed by atoms with Crippen LogP contribution in [0, 0.1) is 11.2 Å². The van der Waals surface area contributed by atoms with Crippen LogP contribution in [0.15, 0.2) is 79.3 Å². The standard InChI is InChI=1S/C29H26FN5O3/c30-23-8-6-20(7-9-23)26-27(22-10-12-31-24(14-22)33-28(37)21-4-2-1-3-5-21)35(19-32-26)15-25(36)34-13-11-29(16-34)17-38-18-29/h1-10,12,14,19H,11,13,15-18H2,(H,31,33,37). The van der Waals surface area contributed by atoms with Crippen LogP contribution in [0.1, 0.15) is 16.8 Å². The van der Waals surface area contributed by atoms with Crippen LogP contribution in [0.5, 0.6) is 0 Å². The summed E-state index contributed by atoms with van der Waals surface area (Å²) in [6.45, 7) is 2.93. The first-order valence-electron chi connectivity index (χ1n) is 12.5. The van der Waals surface area contributed by atoms with E-state index in [2.05, 4.69) is 15.3 Å². The van der Waals surface area contributed by atoms with Gasteiger partial charge in [0.2, 0.25) is 5.91 Å². The molecule has 1 spiro atoms. The van der Waals surface area contributed by atoms with E-state index in [-0.39, 0.29) is 29.6 Å². The summed E-state index contributed by atoms with van der Waals surface area (Å²) < 4.78 is 20.9. The molecule has 38 heavy (non-hydrogen) atoms. The van der Waals surface area contributed by atoms with E-state index in [0.29, 0.717) is 54.6 Å². The number of aromatic nitrogens is 3. The summed E-state index contributed by atoms with van der Waals surface area (Å²) in [5.41, 5.74) is 3.34. The first-order chi connectivity index (χ1) is 18.5. The number of amides is 2. The van der Waals surface area contributed by atoms with E-state index in [1.165, 1.54) is 12.1 Å². The minimum Gasteiger partial charge on any atom is -0.380 e. The van der Waals surface area contributed by atoms with Gasteiger partial charge in [0.05, 0.1) is 30.9 Å². The first kappa shape index (κ1) is 24.0. The molecule has 8 nitrogen and oxygen atoms in total. The Morgan fingerprint density at radius 3 is 2.50 bits per heavy atom. The fraction of sp³-hybridized carbons (Fsp3) is 0.241. The maximum atomic E-state index is 13.7. The molecule has 2 aromatic carbocycles. The smallest absolute Gasteiger partial charge is 0.256 e. The zero-order chi connectivity index (χ0) is 26.1. The molecule has 2 aliphatic heterocycles. The Labute approximate surface area is 219 Å². The third-order valence-corrected chi connectivity index (χ3v) is 7.18. The van der Waals surface area contributed by atoms with E-state index in [4.69, 9.17) is 4.74 Å². The van der Waals surface area contributed by atoms with Gasteiger partial charge in [0.15, 0.2) is 0 Å². The summed E-state index contributed by atoms with van der Waals surface area (Å²) in [4.78, 5) is 36.8. The first-order valence-corrected chi connectivity index (χ1v) is 12.5. The average Bonchev–Trinajstić information content (AvgIpc) is 3.55. The van der Waals surface area contributed by atoms with E-state index in [1.54, 1.807) is 65.6 Å². The number of halogens is 1. The molecule has 4 heterocycles. The predicted molar refractivity (Wildman–Crippen MR) is 140 cm³/mol. The normalized spacial score (nSPS) is 15.9. The molecule has 2 aromatic heterocycles. The Balaban J connectivity index is 1.32. The van der Waals surface area contributed by atoms with Crippen molar-refractivity contribution in [2.75, 3.05) is 31.6 Å². The molecule has 0 bridgehead atoms. The number of hydrogen-bond donors (Lipinski definition) is 1. The third kappa shape index (κ3) is 4.68. The molecule has 2 saturated heterocycles. The van der Waals surface area contributed by atoms with Gasteiger partial charge in [-0.2, -0.15) is 0 Å². The van der Waals surface area contributed by atoms with Crippen molar-refractivity contribution in [1.82, 2.24) is 19.4 Å². The van der Waals surface area contributed by atoms with Crippen molar-refractivity contribution in [2.24, 2.45) is 5.41 Å². The number of pyridine rings is 1. The largest absolute Gasteiger partial charge is 0.380 e. The Morgan fingerprint density at radius 2 is 1.79 bits per heavy atom. The number of benzene rings is 2. The number of likely N-dealkylation sites (tertiary alicyclic amines) is 1. The molecule has 2 fully saturated rings. The average molecular weight is 512 g/mol. The lowest BCUT2D eigenvalue weighted by Crippen LogP contribution is -2.45. The number of rotatable bonds is 6. The van der Waals surface area contributed by atoms with Crippen molar-refractivity contribution >= 4 is 17.6 Å². The van der Waals surface area contributed by atoms with Crippen LogP contribution in [0.2, 0.25) is 0 Å². The predicted octanol–water partition coefficient (Wildman–Crippen LogP) is 4.25. The van der Waals surface area contributed by atoms with Gasteiger partial charge in [0.25, 0.3) is 5.91 Å². The zero-order valence-electron chi connectivity index (χ0n) is 20.6. The third-order valence-electron chi connectivity index (χ3n) is 7.18. The summed E-state index contributed by atoms with van der Waals surface area (Å²) in [7, 11) is 0. The molecule has 0 atom stereocenters. The van der Waals surface area contributed by atoms with E-state index < -0.39 is 0 Å². The van der Waals surface area contributed by atoms with Crippen LogP contribution in [-0.4, -0.2) is 57.6 Å². The molecule has 6 rings (SSSR count). The number of carbonyl (C=O) groups is 2. The number of carbonyl (C=O) groups excluding carboxylic acids is 2. The lowest BCUT2D eigenvalue weighted by atomic mass is 9.85. The zero-order valence-corrected chi connectivity index (χ0v) is 20.6. The second kappa shape index (κ2) is 9.83. The van der Waals surface area contributed by atoms with Crippen LogP contribution in [-0.2, 0) is 16.1 Å². The van der Waals surface area contributed by atoms with Crippen molar-refractivity contribution in [1.29, 1.82) is 0 Å². The van der Waals surface area contributed by atoms with Crippen LogP contribution < -0.4 is 5.32 Å². The van der Waals surface area contributed by atoms with Crippen molar-refractivity contribution < 1.29 is 18.7 Å². The summed E-state index contributed by atoms with van der Waals surface area (Å²) in [5, 5.41) is 2.84. The highest BCUT2D eigenvalue weighted by Gasteiger charge is 2.45. The molecule has 9 heteroatoms. The molecular formula is C29H26FN5O3. The van der Waals surface area contributed by atoms with Crippen LogP contribution in [0.3, 0.4) is 0 Å². The summed E-state index contributed by atoms with van der Waals surface area (Å²) >= 11 is 0. The Bertz CT molecular complexity index is 1480. The number of imidazole rings is 1. The molecule has 0 saturated carbocycles. The summed E-state index contributed by atoms with van der Waals surface area (Å²) in [6.07, 6.45) is 4.18. The minimum atomic E-state index is -0.345. The Morgan fingerprint density at radius 1 is 1.00 bits per heavy atom. The highest BCUT2D eigenvalue weighted by Crippen LogP contribution is 2.38. The van der Waals surface area contributed by atoms with Crippen LogP contribution in [0.4, 0.5) is 10.2 Å². The molecule has 192 valence electrons. The lowest BCUT2D eigenvalue weighted by molar-refractivity contribution is -0.135. The van der Waals surface area contributed by atoms with Gasteiger partial charge >= 0.3 is 0 Å². The number of nitrogens with one attached hydrogen (secondary N) is 1. The maximum absolute atomic E-state index is 13.7. The molecule has 4 aromatic rings. The van der Waals surface area contributed by atoms with Crippen molar-refractivity contribution in [3.63, 3.8) is 0 Å². The highest BCUT2D eigenvalue weighted by molar-refractivity contribution is 6.04. The van der Waals surface area contributed by atoms with Gasteiger partial charge in [-0.3, -0.25) is 9.59 Å². The van der Waals surface area contributed by atoms with Gasteiger partial charge in [-0.15, -0.1) is 0 Å². The van der Waals surface area contributed by atoms with E-state index in [9.17, 15) is 14.0 Å². The van der Waals surface area contributed by atoms with Gasteiger partial charge in [0.1, 0.15) is 18.2 Å². The fourth-order valence-electron chi connectivity index (χ4n) is 5.07. The number of nitrogens with zero attached hydrogens (tertiary/aromatic N) is 4. The molecule has 0 aliphatic carbocycles. The van der Waals surface area contributed by atoms with E-state index in [0.717, 1.165) is 12.0 Å². The van der Waals surface area contributed by atoms with Crippen molar-refractivity contribution in [3.05, 3.63) is 90.6 Å². The second-order valence-corrected chi connectivity index (χ2v) is 9.88. The van der Waals surface area contributed by atoms with Gasteiger partial charge in [-0.25, -0.2) is 14.4 Å². The summed E-state index contributed by atoms with van der Waals surface area (Å²) in [6, 6.07) is 18.5. The molecule has 0 radical (unpaired) electrons. The van der Waals surface area contributed by atoms with Gasteiger partial charge in [-0.1, -0.05) is 18.2 Å². The highest BCUT2D eigenvalue weighted by atomic mass is 19.1. The maximum Gasteiger partial charge on any atom is 0.256 e. The molecule has 2 amide bonds. The SMILES string of the molecule is O=C(Nc1cc(-c2c(-c3ccc(F)cc3)ncn2CC(=O)N2CCC3(COC3)C2)ccn1)c1ccccc1. The van der Waals surface area contributed by atoms with Crippen molar-refractivity contribution in [2.45, 2.75) is 13.0 Å². The minimum absolute atomic E-state index is 0.00439. The topological polar surface area (TPSA) is 89.4 Å². The fourth-order valence-corrected chi connectivity index (χ4v) is 5.07. The molecule has 1 N–H and O–H groups in total. The quantitative estimate of drug-likeness (QED) is 0.418. The number of anilines is 1. The van der Waals surface area contributed by atoms with Gasteiger partial charge < -0.3 is 19.5 Å². The van der Waals surface area contributed by atoms with Crippen LogP contribution in [0.25, 0.3) is 22.5 Å². The second-order valence-electron chi connectivity index (χ2n) is 9.88. The Hall–Kier alpha value is -4.37. The van der Waals surface area contributed by atoms with Crippen molar-refractivity contribution in [3.8, 4) is 22.5 Å². The number of hydrogen-bond acceptors (Lipinski definition) is 5. The van der Waals surface area contributed by atoms with Gasteiger partial charge in [-0.05, 0) is 55.0 Å². The molecular weight excluding hydrogens is 485 g/mol. The monoisotopic (exact) mass is 511 g/mol. The number of ether oxygens (including phenoxy) is 1. The molecule has 2 aliphatic rings. The van der Waals surface area contributed by atoms with Crippen LogP contribution >= 0.6 is 0 Å². The van der Waals surface area contributed by atoms with E-state index in [1.807, 2.05) is 11.0 Å². The van der Waals surface area contributed by atoms with E-state index >= 15 is 0 Å². The lowest BCUT2D eigenvalue weighted by Gasteiger charge is -2.37. The summed E-state index contributed by atoms with van der Waals surface area (Å²) in [5.74, 6) is -0.250. The molecule has 0 unspecified atom stereocenters. The van der Waals surface area contributed by atoms with Gasteiger partial charge in [0, 0.05) is 41.4 Å². The Kier molecular flexibility index (Phi) is 6.21.